The Morgan fingerprint density at radius 2 is 1.94 bits per heavy atom. The van der Waals surface area contributed by atoms with E-state index < -0.39 is 0 Å². The number of benzene rings is 1. The van der Waals surface area contributed by atoms with Gasteiger partial charge in [-0.05, 0) is 53.0 Å². The summed E-state index contributed by atoms with van der Waals surface area (Å²) < 4.78 is 5.75. The SMILES string of the molecule is CC(C)Oc1ccccc1NCCCN(C)C. The molecular weight excluding hydrogens is 212 g/mol. The van der Waals surface area contributed by atoms with Gasteiger partial charge in [0.25, 0.3) is 0 Å². The predicted molar refractivity (Wildman–Crippen MR) is 73.9 cm³/mol. The first kappa shape index (κ1) is 13.8. The lowest BCUT2D eigenvalue weighted by atomic mass is 10.2. The molecule has 0 aliphatic carbocycles. The molecule has 1 N–H and O–H groups in total. The van der Waals surface area contributed by atoms with Gasteiger partial charge in [0.2, 0.25) is 0 Å². The monoisotopic (exact) mass is 236 g/mol. The molecule has 0 heterocycles. The lowest BCUT2D eigenvalue weighted by molar-refractivity contribution is 0.243. The molecule has 17 heavy (non-hydrogen) atoms. The number of anilines is 1. The average Bonchev–Trinajstić information content (AvgIpc) is 2.25. The van der Waals surface area contributed by atoms with Crippen molar-refractivity contribution in [3.8, 4) is 5.75 Å². The van der Waals surface area contributed by atoms with E-state index in [9.17, 15) is 0 Å². The van der Waals surface area contributed by atoms with Gasteiger partial charge in [-0.2, -0.15) is 0 Å². The molecule has 0 bridgehead atoms. The van der Waals surface area contributed by atoms with Crippen molar-refractivity contribution in [3.05, 3.63) is 24.3 Å². The highest BCUT2D eigenvalue weighted by Gasteiger charge is 2.03. The van der Waals surface area contributed by atoms with Crippen LogP contribution in [0.25, 0.3) is 0 Å². The summed E-state index contributed by atoms with van der Waals surface area (Å²) in [6, 6.07) is 8.10. The summed E-state index contributed by atoms with van der Waals surface area (Å²) in [5, 5.41) is 3.42. The van der Waals surface area contributed by atoms with Crippen LogP contribution in [0.4, 0.5) is 5.69 Å². The standard InChI is InChI=1S/C14H24N2O/c1-12(2)17-14-9-6-5-8-13(14)15-10-7-11-16(3)4/h5-6,8-9,12,15H,7,10-11H2,1-4H3. The molecule has 0 spiro atoms. The first-order valence-electron chi connectivity index (χ1n) is 6.24. The molecule has 0 amide bonds. The quantitative estimate of drug-likeness (QED) is 0.737. The van der Waals surface area contributed by atoms with Crippen molar-refractivity contribution in [2.75, 3.05) is 32.5 Å². The van der Waals surface area contributed by atoms with Crippen molar-refractivity contribution in [2.24, 2.45) is 0 Å². The number of nitrogens with one attached hydrogen (secondary N) is 1. The third-order valence-electron chi connectivity index (χ3n) is 2.35. The molecule has 0 saturated heterocycles. The molecule has 0 fully saturated rings. The smallest absolute Gasteiger partial charge is 0.142 e. The molecule has 0 atom stereocenters. The molecule has 3 heteroatoms. The van der Waals surface area contributed by atoms with Crippen LogP contribution in [-0.2, 0) is 0 Å². The van der Waals surface area contributed by atoms with Crippen LogP contribution in [0.1, 0.15) is 20.3 Å². The van der Waals surface area contributed by atoms with Gasteiger partial charge in [-0.25, -0.2) is 0 Å². The van der Waals surface area contributed by atoms with E-state index in [2.05, 4.69) is 30.4 Å². The predicted octanol–water partition coefficient (Wildman–Crippen LogP) is 2.84. The number of nitrogens with zero attached hydrogens (tertiary/aromatic N) is 1. The molecular formula is C14H24N2O. The van der Waals surface area contributed by atoms with Gasteiger partial charge in [0, 0.05) is 6.54 Å². The van der Waals surface area contributed by atoms with Gasteiger partial charge in [0.15, 0.2) is 0 Å². The van der Waals surface area contributed by atoms with Gasteiger partial charge in [-0.15, -0.1) is 0 Å². The van der Waals surface area contributed by atoms with E-state index in [0.29, 0.717) is 0 Å². The number of ether oxygens (including phenoxy) is 1. The maximum Gasteiger partial charge on any atom is 0.142 e. The summed E-state index contributed by atoms with van der Waals surface area (Å²) in [6.45, 7) is 6.16. The summed E-state index contributed by atoms with van der Waals surface area (Å²) in [4.78, 5) is 2.19. The maximum atomic E-state index is 5.75. The fourth-order valence-electron chi connectivity index (χ4n) is 1.59. The lowest BCUT2D eigenvalue weighted by Crippen LogP contribution is -2.16. The van der Waals surface area contributed by atoms with Crippen molar-refractivity contribution in [3.63, 3.8) is 0 Å². The maximum absolute atomic E-state index is 5.75. The molecule has 1 rings (SSSR count). The Bertz CT molecular complexity index is 324. The molecule has 0 aromatic heterocycles. The first-order chi connectivity index (χ1) is 8.09. The van der Waals surface area contributed by atoms with Crippen LogP contribution in [0, 0.1) is 0 Å². The number of rotatable bonds is 7. The van der Waals surface area contributed by atoms with Gasteiger partial charge >= 0.3 is 0 Å². The molecule has 0 saturated carbocycles. The normalized spacial score (nSPS) is 10.9. The van der Waals surface area contributed by atoms with Crippen LogP contribution < -0.4 is 10.1 Å². The van der Waals surface area contributed by atoms with Crippen LogP contribution in [0.3, 0.4) is 0 Å². The Balaban J connectivity index is 2.46. The summed E-state index contributed by atoms with van der Waals surface area (Å²) >= 11 is 0. The second-order valence-electron chi connectivity index (χ2n) is 4.75. The second-order valence-corrected chi connectivity index (χ2v) is 4.75. The Hall–Kier alpha value is -1.22. The summed E-state index contributed by atoms with van der Waals surface area (Å²) in [5.74, 6) is 0.937. The minimum atomic E-state index is 0.208. The van der Waals surface area contributed by atoms with Gasteiger partial charge in [-0.1, -0.05) is 12.1 Å². The third kappa shape index (κ3) is 5.59. The van der Waals surface area contributed by atoms with Crippen LogP contribution in [-0.4, -0.2) is 38.2 Å². The van der Waals surface area contributed by atoms with Gasteiger partial charge in [0.05, 0.1) is 11.8 Å². The molecule has 3 nitrogen and oxygen atoms in total. The van der Waals surface area contributed by atoms with Crippen molar-refractivity contribution in [1.29, 1.82) is 0 Å². The third-order valence-corrected chi connectivity index (χ3v) is 2.35. The number of hydrogen-bond donors (Lipinski definition) is 1. The average molecular weight is 236 g/mol. The van der Waals surface area contributed by atoms with Crippen molar-refractivity contribution >= 4 is 5.69 Å². The van der Waals surface area contributed by atoms with Crippen LogP contribution in [0.2, 0.25) is 0 Å². The summed E-state index contributed by atoms with van der Waals surface area (Å²) in [6.07, 6.45) is 1.34. The van der Waals surface area contributed by atoms with E-state index in [4.69, 9.17) is 4.74 Å². The molecule has 0 aliphatic rings. The lowest BCUT2D eigenvalue weighted by Gasteiger charge is -2.16. The minimum Gasteiger partial charge on any atom is -0.489 e. The molecule has 0 aliphatic heterocycles. The number of hydrogen-bond acceptors (Lipinski definition) is 3. The van der Waals surface area contributed by atoms with E-state index in [1.165, 1.54) is 0 Å². The highest BCUT2D eigenvalue weighted by Crippen LogP contribution is 2.24. The number of para-hydroxylation sites is 2. The van der Waals surface area contributed by atoms with Gasteiger partial charge in [-0.3, -0.25) is 0 Å². The van der Waals surface area contributed by atoms with E-state index >= 15 is 0 Å². The van der Waals surface area contributed by atoms with Crippen LogP contribution in [0.5, 0.6) is 5.75 Å². The van der Waals surface area contributed by atoms with Crippen molar-refractivity contribution in [1.82, 2.24) is 4.90 Å². The minimum absolute atomic E-state index is 0.208. The zero-order valence-corrected chi connectivity index (χ0v) is 11.4. The molecule has 1 aromatic carbocycles. The summed E-state index contributed by atoms with van der Waals surface area (Å²) in [5.41, 5.74) is 1.08. The van der Waals surface area contributed by atoms with E-state index in [1.54, 1.807) is 0 Å². The zero-order valence-electron chi connectivity index (χ0n) is 11.4. The molecule has 96 valence electrons. The van der Waals surface area contributed by atoms with Gasteiger partial charge < -0.3 is 15.0 Å². The molecule has 1 aromatic rings. The Labute approximate surface area is 105 Å². The van der Waals surface area contributed by atoms with Gasteiger partial charge in [0.1, 0.15) is 5.75 Å². The highest BCUT2D eigenvalue weighted by atomic mass is 16.5. The Morgan fingerprint density at radius 3 is 2.59 bits per heavy atom. The highest BCUT2D eigenvalue weighted by molar-refractivity contribution is 5.56. The first-order valence-corrected chi connectivity index (χ1v) is 6.24. The van der Waals surface area contributed by atoms with Crippen LogP contribution in [0.15, 0.2) is 24.3 Å². The van der Waals surface area contributed by atoms with Crippen LogP contribution >= 0.6 is 0 Å². The van der Waals surface area contributed by atoms with E-state index in [-0.39, 0.29) is 6.10 Å². The topological polar surface area (TPSA) is 24.5 Å². The summed E-state index contributed by atoms with van der Waals surface area (Å²) in [7, 11) is 4.19. The molecule has 0 radical (unpaired) electrons. The fraction of sp³-hybridized carbons (Fsp3) is 0.571. The largest absolute Gasteiger partial charge is 0.489 e. The Kier molecular flexibility index (Phi) is 5.84. The fourth-order valence-corrected chi connectivity index (χ4v) is 1.59. The Morgan fingerprint density at radius 1 is 1.24 bits per heavy atom. The van der Waals surface area contributed by atoms with E-state index in [0.717, 1.165) is 30.9 Å². The molecule has 0 unspecified atom stereocenters. The second kappa shape index (κ2) is 7.17. The van der Waals surface area contributed by atoms with E-state index in [1.807, 2.05) is 32.0 Å². The van der Waals surface area contributed by atoms with Crippen molar-refractivity contribution < 1.29 is 4.74 Å². The zero-order chi connectivity index (χ0) is 12.7. The van der Waals surface area contributed by atoms with Crippen molar-refractivity contribution in [2.45, 2.75) is 26.4 Å².